The third-order valence-electron chi connectivity index (χ3n) is 3.83. The van der Waals surface area contributed by atoms with Gasteiger partial charge in [0.15, 0.2) is 0 Å². The molecule has 3 aromatic rings. The van der Waals surface area contributed by atoms with Crippen LogP contribution in [0.3, 0.4) is 0 Å². The molecule has 0 aliphatic rings. The van der Waals surface area contributed by atoms with Gasteiger partial charge in [-0.3, -0.25) is 4.79 Å². The van der Waals surface area contributed by atoms with Crippen LogP contribution in [0.15, 0.2) is 48.5 Å². The van der Waals surface area contributed by atoms with Gasteiger partial charge in [-0.15, -0.1) is 0 Å². The fraction of sp³-hybridized carbons (Fsp3) is 0.158. The third kappa shape index (κ3) is 3.20. The van der Waals surface area contributed by atoms with E-state index in [9.17, 15) is 9.18 Å². The molecule has 1 amide bonds. The predicted molar refractivity (Wildman–Crippen MR) is 92.1 cm³/mol. The first-order valence-corrected chi connectivity index (χ1v) is 7.65. The first-order chi connectivity index (χ1) is 11.4. The maximum absolute atomic E-state index is 13.3. The van der Waals surface area contributed by atoms with E-state index in [1.807, 2.05) is 43.7 Å². The highest BCUT2D eigenvalue weighted by Gasteiger charge is 2.10. The van der Waals surface area contributed by atoms with Gasteiger partial charge in [-0.05, 0) is 68.8 Å². The average molecular weight is 323 g/mol. The molecule has 0 bridgehead atoms. The Hall–Kier alpha value is -2.95. The lowest BCUT2D eigenvalue weighted by Crippen LogP contribution is -2.13. The lowest BCUT2D eigenvalue weighted by molar-refractivity contribution is 0.102. The first kappa shape index (κ1) is 15.9. The van der Waals surface area contributed by atoms with Crippen LogP contribution in [0.5, 0.6) is 0 Å². The zero-order valence-corrected chi connectivity index (χ0v) is 13.8. The van der Waals surface area contributed by atoms with Crippen molar-refractivity contribution in [2.24, 2.45) is 0 Å². The molecule has 0 saturated heterocycles. The summed E-state index contributed by atoms with van der Waals surface area (Å²) in [5.74, 6) is -0.653. The van der Waals surface area contributed by atoms with Crippen LogP contribution in [0.2, 0.25) is 0 Å². The third-order valence-corrected chi connectivity index (χ3v) is 3.83. The van der Waals surface area contributed by atoms with Crippen molar-refractivity contribution in [3.8, 4) is 5.69 Å². The summed E-state index contributed by atoms with van der Waals surface area (Å²) in [6, 6.07) is 13.5. The Balaban J connectivity index is 1.81. The highest BCUT2D eigenvalue weighted by Crippen LogP contribution is 2.18. The van der Waals surface area contributed by atoms with Crippen LogP contribution in [-0.4, -0.2) is 15.7 Å². The second-order valence-corrected chi connectivity index (χ2v) is 5.80. The Morgan fingerprint density at radius 2 is 1.75 bits per heavy atom. The highest BCUT2D eigenvalue weighted by molar-refractivity contribution is 6.04. The quantitative estimate of drug-likeness (QED) is 0.785. The summed E-state index contributed by atoms with van der Waals surface area (Å²) in [7, 11) is 0. The Bertz CT molecular complexity index is 897. The van der Waals surface area contributed by atoms with Crippen molar-refractivity contribution in [1.82, 2.24) is 9.78 Å². The van der Waals surface area contributed by atoms with Crippen LogP contribution < -0.4 is 5.32 Å². The maximum Gasteiger partial charge on any atom is 0.255 e. The van der Waals surface area contributed by atoms with Gasteiger partial charge in [-0.2, -0.15) is 5.10 Å². The number of benzene rings is 2. The van der Waals surface area contributed by atoms with Crippen molar-refractivity contribution >= 4 is 11.6 Å². The molecular weight excluding hydrogens is 305 g/mol. The Morgan fingerprint density at radius 1 is 1.04 bits per heavy atom. The SMILES string of the molecule is Cc1cc(C)n(-c2ccc(C(=O)Nc3cc(F)ccc3C)cc2)n1. The number of nitrogens with one attached hydrogen (secondary N) is 1. The second-order valence-electron chi connectivity index (χ2n) is 5.80. The second kappa shape index (κ2) is 6.28. The maximum atomic E-state index is 13.3. The van der Waals surface area contributed by atoms with Gasteiger partial charge >= 0.3 is 0 Å². The molecule has 0 spiro atoms. The van der Waals surface area contributed by atoms with E-state index in [2.05, 4.69) is 10.4 Å². The molecule has 0 radical (unpaired) electrons. The van der Waals surface area contributed by atoms with E-state index < -0.39 is 0 Å². The van der Waals surface area contributed by atoms with Crippen molar-refractivity contribution in [2.45, 2.75) is 20.8 Å². The number of nitrogens with zero attached hydrogens (tertiary/aromatic N) is 2. The average Bonchev–Trinajstić information content (AvgIpc) is 2.89. The summed E-state index contributed by atoms with van der Waals surface area (Å²) in [6.45, 7) is 5.74. The molecule has 1 aromatic heterocycles. The topological polar surface area (TPSA) is 46.9 Å². The molecule has 1 heterocycles. The van der Waals surface area contributed by atoms with E-state index in [4.69, 9.17) is 0 Å². The van der Waals surface area contributed by atoms with Gasteiger partial charge in [0.05, 0.1) is 11.4 Å². The summed E-state index contributed by atoms with van der Waals surface area (Å²) in [5.41, 5.74) is 4.64. The molecular formula is C19H18FN3O. The van der Waals surface area contributed by atoms with E-state index >= 15 is 0 Å². The van der Waals surface area contributed by atoms with Crippen LogP contribution in [0.1, 0.15) is 27.3 Å². The number of halogens is 1. The summed E-state index contributed by atoms with van der Waals surface area (Å²) < 4.78 is 15.1. The van der Waals surface area contributed by atoms with E-state index in [1.54, 1.807) is 18.2 Å². The Morgan fingerprint density at radius 3 is 2.38 bits per heavy atom. The minimum atomic E-state index is -0.379. The van der Waals surface area contributed by atoms with Crippen LogP contribution in [0, 0.1) is 26.6 Å². The van der Waals surface area contributed by atoms with Crippen LogP contribution in [0.25, 0.3) is 5.69 Å². The fourth-order valence-corrected chi connectivity index (χ4v) is 2.57. The molecule has 0 unspecified atom stereocenters. The molecule has 0 aliphatic carbocycles. The van der Waals surface area contributed by atoms with Gasteiger partial charge in [0.1, 0.15) is 5.82 Å². The van der Waals surface area contributed by atoms with Crippen molar-refractivity contribution in [3.05, 3.63) is 76.9 Å². The normalized spacial score (nSPS) is 10.7. The minimum Gasteiger partial charge on any atom is -0.322 e. The molecule has 24 heavy (non-hydrogen) atoms. The molecule has 0 saturated carbocycles. The largest absolute Gasteiger partial charge is 0.322 e. The van der Waals surface area contributed by atoms with E-state index in [0.717, 1.165) is 22.6 Å². The molecule has 0 fully saturated rings. The number of hydrogen-bond acceptors (Lipinski definition) is 2. The highest BCUT2D eigenvalue weighted by atomic mass is 19.1. The van der Waals surface area contributed by atoms with Gasteiger partial charge in [0, 0.05) is 16.9 Å². The predicted octanol–water partition coefficient (Wildman–Crippen LogP) is 4.19. The summed E-state index contributed by atoms with van der Waals surface area (Å²) >= 11 is 0. The van der Waals surface area contributed by atoms with Gasteiger partial charge in [-0.1, -0.05) is 6.07 Å². The zero-order valence-electron chi connectivity index (χ0n) is 13.8. The molecule has 122 valence electrons. The molecule has 3 rings (SSSR count). The lowest BCUT2D eigenvalue weighted by atomic mass is 10.1. The van der Waals surface area contributed by atoms with Crippen molar-refractivity contribution in [2.75, 3.05) is 5.32 Å². The van der Waals surface area contributed by atoms with Crippen LogP contribution >= 0.6 is 0 Å². The van der Waals surface area contributed by atoms with Crippen molar-refractivity contribution in [1.29, 1.82) is 0 Å². The molecule has 0 aliphatic heterocycles. The molecule has 1 N–H and O–H groups in total. The number of aromatic nitrogens is 2. The molecule has 4 nitrogen and oxygen atoms in total. The number of carbonyl (C=O) groups is 1. The lowest BCUT2D eigenvalue weighted by Gasteiger charge is -2.09. The van der Waals surface area contributed by atoms with Gasteiger partial charge in [0.25, 0.3) is 5.91 Å². The number of hydrogen-bond donors (Lipinski definition) is 1. The number of aryl methyl sites for hydroxylation is 3. The summed E-state index contributed by atoms with van der Waals surface area (Å²) in [5, 5.41) is 7.16. The number of carbonyl (C=O) groups excluding carboxylic acids is 1. The molecule has 5 heteroatoms. The summed E-state index contributed by atoms with van der Waals surface area (Å²) in [4.78, 5) is 12.3. The van der Waals surface area contributed by atoms with Crippen LogP contribution in [0.4, 0.5) is 10.1 Å². The van der Waals surface area contributed by atoms with Crippen LogP contribution in [-0.2, 0) is 0 Å². The fourth-order valence-electron chi connectivity index (χ4n) is 2.57. The van der Waals surface area contributed by atoms with Gasteiger partial charge in [0.2, 0.25) is 0 Å². The standard InChI is InChI=1S/C19H18FN3O/c1-12-4-7-16(20)11-18(12)21-19(24)15-5-8-17(9-6-15)23-14(3)10-13(2)22-23/h4-11H,1-3H3,(H,21,24). The summed E-state index contributed by atoms with van der Waals surface area (Å²) in [6.07, 6.45) is 0. The molecule has 0 atom stereocenters. The zero-order chi connectivity index (χ0) is 17.3. The van der Waals surface area contributed by atoms with Crippen molar-refractivity contribution in [3.63, 3.8) is 0 Å². The Labute approximate surface area is 139 Å². The van der Waals surface area contributed by atoms with E-state index in [-0.39, 0.29) is 11.7 Å². The van der Waals surface area contributed by atoms with E-state index in [1.165, 1.54) is 12.1 Å². The van der Waals surface area contributed by atoms with Gasteiger partial charge < -0.3 is 5.32 Å². The van der Waals surface area contributed by atoms with Gasteiger partial charge in [-0.25, -0.2) is 9.07 Å². The number of rotatable bonds is 3. The van der Waals surface area contributed by atoms with E-state index in [0.29, 0.717) is 11.3 Å². The smallest absolute Gasteiger partial charge is 0.255 e. The number of anilines is 1. The Kier molecular flexibility index (Phi) is 4.16. The first-order valence-electron chi connectivity index (χ1n) is 7.65. The monoisotopic (exact) mass is 323 g/mol. The van der Waals surface area contributed by atoms with Crippen molar-refractivity contribution < 1.29 is 9.18 Å². The minimum absolute atomic E-state index is 0.274. The number of amides is 1. The molecule has 2 aromatic carbocycles.